The molecule has 0 aromatic heterocycles. The SMILES string of the molecule is CCCC/C(NC)=C(C#N)\C(CCCC(C)CC)=C(/C)CC. The minimum absolute atomic E-state index is 0.779. The summed E-state index contributed by atoms with van der Waals surface area (Å²) in [6.45, 7) is 11.1. The van der Waals surface area contributed by atoms with Gasteiger partial charge in [-0.25, -0.2) is 0 Å². The van der Waals surface area contributed by atoms with Gasteiger partial charge in [0, 0.05) is 12.7 Å². The maximum absolute atomic E-state index is 9.71. The first-order chi connectivity index (χ1) is 10.5. The molecule has 0 aliphatic heterocycles. The Morgan fingerprint density at radius 1 is 1.14 bits per heavy atom. The van der Waals surface area contributed by atoms with Crippen LogP contribution in [0.4, 0.5) is 0 Å². The molecule has 2 heteroatoms. The second-order valence-electron chi connectivity index (χ2n) is 6.34. The molecular formula is C20H36N2. The summed E-state index contributed by atoms with van der Waals surface area (Å²) >= 11 is 0. The third kappa shape index (κ3) is 7.16. The highest BCUT2D eigenvalue weighted by Gasteiger charge is 2.13. The number of rotatable bonds is 11. The monoisotopic (exact) mass is 304 g/mol. The molecule has 0 fully saturated rings. The lowest BCUT2D eigenvalue weighted by Gasteiger charge is -2.17. The third-order valence-corrected chi connectivity index (χ3v) is 4.66. The van der Waals surface area contributed by atoms with E-state index in [2.05, 4.69) is 46.0 Å². The molecule has 0 saturated carbocycles. The van der Waals surface area contributed by atoms with E-state index in [0.717, 1.165) is 49.3 Å². The number of nitriles is 1. The van der Waals surface area contributed by atoms with Crippen molar-refractivity contribution in [1.82, 2.24) is 5.32 Å². The normalized spacial score (nSPS) is 14.8. The van der Waals surface area contributed by atoms with Gasteiger partial charge < -0.3 is 5.32 Å². The van der Waals surface area contributed by atoms with Crippen molar-refractivity contribution in [2.24, 2.45) is 5.92 Å². The summed E-state index contributed by atoms with van der Waals surface area (Å²) in [4.78, 5) is 0. The molecule has 22 heavy (non-hydrogen) atoms. The molecular weight excluding hydrogens is 268 g/mol. The predicted molar refractivity (Wildman–Crippen MR) is 97.5 cm³/mol. The zero-order valence-electron chi connectivity index (χ0n) is 15.7. The van der Waals surface area contributed by atoms with Crippen molar-refractivity contribution >= 4 is 0 Å². The van der Waals surface area contributed by atoms with Gasteiger partial charge in [-0.15, -0.1) is 0 Å². The van der Waals surface area contributed by atoms with Crippen LogP contribution in [0.25, 0.3) is 0 Å². The van der Waals surface area contributed by atoms with E-state index < -0.39 is 0 Å². The Kier molecular flexibility index (Phi) is 11.6. The first kappa shape index (κ1) is 20.8. The van der Waals surface area contributed by atoms with Gasteiger partial charge in [-0.1, -0.05) is 52.5 Å². The van der Waals surface area contributed by atoms with E-state index in [1.165, 1.54) is 30.4 Å². The van der Waals surface area contributed by atoms with Crippen LogP contribution in [0.1, 0.15) is 86.0 Å². The van der Waals surface area contributed by atoms with E-state index in [4.69, 9.17) is 0 Å². The van der Waals surface area contributed by atoms with Crippen molar-refractivity contribution in [3.8, 4) is 6.07 Å². The molecule has 0 heterocycles. The zero-order valence-corrected chi connectivity index (χ0v) is 15.7. The summed E-state index contributed by atoms with van der Waals surface area (Å²) in [6, 6.07) is 2.49. The Bertz CT molecular complexity index is 410. The van der Waals surface area contributed by atoms with Crippen LogP contribution in [-0.4, -0.2) is 7.05 Å². The average molecular weight is 305 g/mol. The lowest BCUT2D eigenvalue weighted by molar-refractivity contribution is 0.495. The number of hydrogen-bond acceptors (Lipinski definition) is 2. The molecule has 2 nitrogen and oxygen atoms in total. The van der Waals surface area contributed by atoms with Crippen LogP contribution in [0.15, 0.2) is 22.4 Å². The standard InChI is InChI=1S/C20H36N2/c1-7-10-14-20(22-6)19(15-21)18(17(5)9-3)13-11-12-16(4)8-2/h16,22H,7-14H2,1-6H3/b18-17+,20-19+. The van der Waals surface area contributed by atoms with E-state index in [9.17, 15) is 5.26 Å². The number of nitrogens with one attached hydrogen (secondary N) is 1. The van der Waals surface area contributed by atoms with Crippen molar-refractivity contribution in [3.63, 3.8) is 0 Å². The van der Waals surface area contributed by atoms with E-state index >= 15 is 0 Å². The minimum Gasteiger partial charge on any atom is -0.390 e. The fraction of sp³-hybridized carbons (Fsp3) is 0.750. The first-order valence-electron chi connectivity index (χ1n) is 9.05. The van der Waals surface area contributed by atoms with Gasteiger partial charge >= 0.3 is 0 Å². The number of allylic oxidation sites excluding steroid dienone is 4. The van der Waals surface area contributed by atoms with Crippen molar-refractivity contribution in [2.75, 3.05) is 7.05 Å². The Hall–Kier alpha value is -1.23. The molecule has 0 bridgehead atoms. The van der Waals surface area contributed by atoms with Gasteiger partial charge in [0.1, 0.15) is 6.07 Å². The quantitative estimate of drug-likeness (QED) is 0.369. The Morgan fingerprint density at radius 3 is 2.27 bits per heavy atom. The molecule has 1 unspecified atom stereocenters. The highest BCUT2D eigenvalue weighted by atomic mass is 14.8. The van der Waals surface area contributed by atoms with Crippen molar-refractivity contribution in [3.05, 3.63) is 22.4 Å². The molecule has 0 aliphatic carbocycles. The number of nitrogens with zero attached hydrogens (tertiary/aromatic N) is 1. The Morgan fingerprint density at radius 2 is 1.82 bits per heavy atom. The molecule has 0 aromatic rings. The lowest BCUT2D eigenvalue weighted by Crippen LogP contribution is -2.11. The smallest absolute Gasteiger partial charge is 0.101 e. The van der Waals surface area contributed by atoms with Crippen LogP contribution in [0, 0.1) is 17.2 Å². The first-order valence-corrected chi connectivity index (χ1v) is 9.05. The maximum Gasteiger partial charge on any atom is 0.101 e. The molecule has 0 saturated heterocycles. The largest absolute Gasteiger partial charge is 0.390 e. The molecule has 1 atom stereocenters. The van der Waals surface area contributed by atoms with Crippen molar-refractivity contribution in [1.29, 1.82) is 5.26 Å². The maximum atomic E-state index is 9.71. The molecule has 0 aliphatic rings. The van der Waals surface area contributed by atoms with E-state index in [1.807, 2.05) is 7.05 Å². The van der Waals surface area contributed by atoms with Crippen LogP contribution in [0.2, 0.25) is 0 Å². The second-order valence-corrected chi connectivity index (χ2v) is 6.34. The summed E-state index contributed by atoms with van der Waals surface area (Å²) in [7, 11) is 1.94. The van der Waals surface area contributed by atoms with Crippen LogP contribution in [0.5, 0.6) is 0 Å². The zero-order chi connectivity index (χ0) is 17.0. The highest BCUT2D eigenvalue weighted by molar-refractivity contribution is 5.47. The highest BCUT2D eigenvalue weighted by Crippen LogP contribution is 2.27. The third-order valence-electron chi connectivity index (χ3n) is 4.66. The van der Waals surface area contributed by atoms with Gasteiger partial charge in [0.2, 0.25) is 0 Å². The van der Waals surface area contributed by atoms with Crippen LogP contribution in [-0.2, 0) is 0 Å². The summed E-state index contributed by atoms with van der Waals surface area (Å²) in [5, 5.41) is 13.0. The fourth-order valence-corrected chi connectivity index (χ4v) is 2.64. The van der Waals surface area contributed by atoms with Gasteiger partial charge in [0.05, 0.1) is 5.57 Å². The Balaban J connectivity index is 5.30. The minimum atomic E-state index is 0.779. The van der Waals surface area contributed by atoms with Crippen molar-refractivity contribution in [2.45, 2.75) is 86.0 Å². The van der Waals surface area contributed by atoms with Crippen molar-refractivity contribution < 1.29 is 0 Å². The molecule has 0 spiro atoms. The average Bonchev–Trinajstić information content (AvgIpc) is 2.55. The number of unbranched alkanes of at least 4 members (excludes halogenated alkanes) is 1. The molecule has 0 aromatic carbocycles. The van der Waals surface area contributed by atoms with Gasteiger partial charge in [-0.2, -0.15) is 5.26 Å². The molecule has 0 amide bonds. The summed E-state index contributed by atoms with van der Waals surface area (Å²) < 4.78 is 0. The van der Waals surface area contributed by atoms with Crippen LogP contribution in [0.3, 0.4) is 0 Å². The predicted octanol–water partition coefficient (Wildman–Crippen LogP) is 6.12. The molecule has 0 radical (unpaired) electrons. The molecule has 126 valence electrons. The van der Waals surface area contributed by atoms with E-state index in [0.29, 0.717) is 0 Å². The Labute approximate surface area is 138 Å². The number of hydrogen-bond donors (Lipinski definition) is 1. The molecule has 1 N–H and O–H groups in total. The fourth-order valence-electron chi connectivity index (χ4n) is 2.64. The summed E-state index contributed by atoms with van der Waals surface area (Å²) in [5.41, 5.74) is 4.67. The van der Waals surface area contributed by atoms with E-state index in [1.54, 1.807) is 0 Å². The van der Waals surface area contributed by atoms with Crippen LogP contribution >= 0.6 is 0 Å². The molecule has 0 rings (SSSR count). The van der Waals surface area contributed by atoms with Gasteiger partial charge in [0.15, 0.2) is 0 Å². The summed E-state index contributed by atoms with van der Waals surface area (Å²) in [5.74, 6) is 0.779. The summed E-state index contributed by atoms with van der Waals surface area (Å²) in [6.07, 6.45) is 8.99. The second kappa shape index (κ2) is 12.3. The van der Waals surface area contributed by atoms with E-state index in [-0.39, 0.29) is 0 Å². The van der Waals surface area contributed by atoms with Gasteiger partial charge in [-0.3, -0.25) is 0 Å². The van der Waals surface area contributed by atoms with Gasteiger partial charge in [-0.05, 0) is 50.5 Å². The van der Waals surface area contributed by atoms with Crippen LogP contribution < -0.4 is 5.32 Å². The lowest BCUT2D eigenvalue weighted by atomic mass is 9.90. The topological polar surface area (TPSA) is 35.8 Å². The van der Waals surface area contributed by atoms with Gasteiger partial charge in [0.25, 0.3) is 0 Å².